The first-order chi connectivity index (χ1) is 18.6. The molecule has 2 heterocycles. The highest BCUT2D eigenvalue weighted by molar-refractivity contribution is 6.46. The molecule has 0 spiro atoms. The van der Waals surface area contributed by atoms with Crippen LogP contribution in [0, 0.1) is 0 Å². The number of hydrogen-bond acceptors (Lipinski definition) is 6. The average Bonchev–Trinajstić information content (AvgIpc) is 3.21. The van der Waals surface area contributed by atoms with Crippen LogP contribution < -0.4 is 14.2 Å². The number of carbonyl (C=O) groups is 2. The summed E-state index contributed by atoms with van der Waals surface area (Å²) in [5.41, 5.74) is 2.22. The minimum Gasteiger partial charge on any atom is -0.507 e. The molecule has 1 fully saturated rings. The second kappa shape index (κ2) is 11.4. The van der Waals surface area contributed by atoms with Crippen molar-refractivity contribution in [3.63, 3.8) is 0 Å². The number of nitrogens with zero attached hydrogens (tertiary/aromatic N) is 1. The van der Waals surface area contributed by atoms with E-state index in [1.165, 1.54) is 0 Å². The third-order valence-electron chi connectivity index (χ3n) is 6.80. The van der Waals surface area contributed by atoms with Gasteiger partial charge in [0, 0.05) is 12.1 Å². The lowest BCUT2D eigenvalue weighted by atomic mass is 9.95. The minimum atomic E-state index is -0.739. The van der Waals surface area contributed by atoms with Crippen molar-refractivity contribution in [3.8, 4) is 17.2 Å². The van der Waals surface area contributed by atoms with Crippen LogP contribution in [0.5, 0.6) is 17.2 Å². The van der Waals surface area contributed by atoms with Gasteiger partial charge in [-0.2, -0.15) is 0 Å². The lowest BCUT2D eigenvalue weighted by Crippen LogP contribution is -2.31. The zero-order valence-electron chi connectivity index (χ0n) is 21.4. The highest BCUT2D eigenvalue weighted by atomic mass is 16.6. The van der Waals surface area contributed by atoms with Gasteiger partial charge in [0.2, 0.25) is 0 Å². The number of carbonyl (C=O) groups excluding carboxylic acids is 2. The van der Waals surface area contributed by atoms with E-state index in [4.69, 9.17) is 14.2 Å². The molecule has 2 aliphatic heterocycles. The van der Waals surface area contributed by atoms with E-state index >= 15 is 0 Å². The second-order valence-electron chi connectivity index (χ2n) is 9.36. The monoisotopic (exact) mass is 513 g/mol. The third-order valence-corrected chi connectivity index (χ3v) is 6.80. The zero-order chi connectivity index (χ0) is 26.5. The third kappa shape index (κ3) is 5.23. The summed E-state index contributed by atoms with van der Waals surface area (Å²) in [7, 11) is 0. The molecule has 2 aliphatic rings. The molecule has 0 bridgehead atoms. The van der Waals surface area contributed by atoms with E-state index in [2.05, 4.69) is 6.92 Å². The minimum absolute atomic E-state index is 0.0550. The molecule has 7 nitrogen and oxygen atoms in total. The van der Waals surface area contributed by atoms with Crippen LogP contribution in [0.2, 0.25) is 0 Å². The molecule has 196 valence electrons. The van der Waals surface area contributed by atoms with Gasteiger partial charge in [-0.25, -0.2) is 0 Å². The highest BCUT2D eigenvalue weighted by Crippen LogP contribution is 2.41. The summed E-state index contributed by atoms with van der Waals surface area (Å²) in [6, 6.07) is 21.5. The number of ketones is 1. The summed E-state index contributed by atoms with van der Waals surface area (Å²) in [5, 5.41) is 11.4. The van der Waals surface area contributed by atoms with E-state index in [0.29, 0.717) is 49.8 Å². The molecule has 1 saturated heterocycles. The van der Waals surface area contributed by atoms with E-state index in [1.807, 2.05) is 54.6 Å². The zero-order valence-corrected chi connectivity index (χ0v) is 21.4. The van der Waals surface area contributed by atoms with Crippen LogP contribution in [0.3, 0.4) is 0 Å². The fourth-order valence-corrected chi connectivity index (χ4v) is 4.78. The number of benzene rings is 3. The number of unbranched alkanes of at least 4 members (excludes halogenated alkanes) is 1. The van der Waals surface area contributed by atoms with Crippen molar-refractivity contribution in [2.75, 3.05) is 26.4 Å². The van der Waals surface area contributed by atoms with E-state index in [0.717, 1.165) is 29.7 Å². The Hall–Kier alpha value is -4.26. The molecule has 1 N–H and O–H groups in total. The first kappa shape index (κ1) is 25.4. The molecule has 38 heavy (non-hydrogen) atoms. The number of rotatable bonds is 9. The molecular weight excluding hydrogens is 482 g/mol. The van der Waals surface area contributed by atoms with Gasteiger partial charge in [-0.05, 0) is 54.3 Å². The van der Waals surface area contributed by atoms with Crippen molar-refractivity contribution in [3.05, 3.63) is 95.1 Å². The van der Waals surface area contributed by atoms with Gasteiger partial charge in [0.05, 0.1) is 18.2 Å². The van der Waals surface area contributed by atoms with Crippen LogP contribution >= 0.6 is 0 Å². The van der Waals surface area contributed by atoms with Gasteiger partial charge in [0.1, 0.15) is 24.7 Å². The molecule has 7 heteroatoms. The molecule has 1 amide bonds. The molecular formula is C31H31NO6. The number of aliphatic hydroxyl groups is 1. The Morgan fingerprint density at radius 3 is 2.45 bits per heavy atom. The van der Waals surface area contributed by atoms with Crippen molar-refractivity contribution in [1.29, 1.82) is 0 Å². The van der Waals surface area contributed by atoms with Crippen LogP contribution in [0.25, 0.3) is 5.76 Å². The summed E-state index contributed by atoms with van der Waals surface area (Å²) in [5.74, 6) is 0.202. The summed E-state index contributed by atoms with van der Waals surface area (Å²) in [4.78, 5) is 28.2. The van der Waals surface area contributed by atoms with E-state index in [9.17, 15) is 14.7 Å². The second-order valence-corrected chi connectivity index (χ2v) is 9.36. The van der Waals surface area contributed by atoms with Crippen LogP contribution in [-0.2, 0) is 16.0 Å². The van der Waals surface area contributed by atoms with Gasteiger partial charge < -0.3 is 24.2 Å². The van der Waals surface area contributed by atoms with Gasteiger partial charge in [0.25, 0.3) is 11.7 Å². The van der Waals surface area contributed by atoms with Crippen molar-refractivity contribution in [2.24, 2.45) is 0 Å². The fraction of sp³-hybridized carbons (Fsp3) is 0.290. The molecule has 1 unspecified atom stereocenters. The van der Waals surface area contributed by atoms with E-state index < -0.39 is 17.7 Å². The van der Waals surface area contributed by atoms with E-state index in [1.54, 1.807) is 23.1 Å². The first-order valence-electron chi connectivity index (χ1n) is 13.0. The number of likely N-dealkylation sites (tertiary alicyclic amines) is 1. The molecule has 3 aromatic rings. The molecule has 5 rings (SSSR count). The quantitative estimate of drug-likeness (QED) is 0.181. The number of hydrogen-bond donors (Lipinski definition) is 1. The van der Waals surface area contributed by atoms with E-state index in [-0.39, 0.29) is 11.3 Å². The Morgan fingerprint density at radius 2 is 1.71 bits per heavy atom. The number of fused-ring (bicyclic) bond motifs is 1. The van der Waals surface area contributed by atoms with Crippen LogP contribution in [-0.4, -0.2) is 48.1 Å². The maximum absolute atomic E-state index is 13.4. The Bertz CT molecular complexity index is 1330. The van der Waals surface area contributed by atoms with Crippen LogP contribution in [0.15, 0.2) is 78.4 Å². The van der Waals surface area contributed by atoms with Crippen molar-refractivity contribution in [1.82, 2.24) is 4.90 Å². The SMILES string of the molecule is CCCCOc1ccc(C2/C(=C(/O)c3ccc4c(c3)OCCO4)C(=O)C(=O)N2CCc2ccccc2)cc1. The number of ether oxygens (including phenoxy) is 3. The number of amides is 1. The van der Waals surface area contributed by atoms with Crippen molar-refractivity contribution in [2.45, 2.75) is 32.2 Å². The van der Waals surface area contributed by atoms with Gasteiger partial charge in [-0.3, -0.25) is 9.59 Å². The van der Waals surface area contributed by atoms with Gasteiger partial charge in [-0.15, -0.1) is 0 Å². The largest absolute Gasteiger partial charge is 0.507 e. The smallest absolute Gasteiger partial charge is 0.295 e. The normalized spacial score (nSPS) is 18.0. The Labute approximate surface area is 222 Å². The number of aliphatic hydroxyl groups excluding tert-OH is 1. The van der Waals surface area contributed by atoms with Gasteiger partial charge in [-0.1, -0.05) is 55.8 Å². The lowest BCUT2D eigenvalue weighted by molar-refractivity contribution is -0.139. The highest BCUT2D eigenvalue weighted by Gasteiger charge is 2.46. The molecule has 0 radical (unpaired) electrons. The molecule has 0 saturated carbocycles. The standard InChI is InChI=1S/C31H31NO6/c1-2-3-17-36-24-12-9-22(10-13-24)28-27(29(33)23-11-14-25-26(20-23)38-19-18-37-25)30(34)31(35)32(28)16-15-21-7-5-4-6-8-21/h4-14,20,28,33H,2-3,15-19H2,1H3/b29-27-. The predicted octanol–water partition coefficient (Wildman–Crippen LogP) is 5.30. The Kier molecular flexibility index (Phi) is 7.63. The molecule has 1 atom stereocenters. The van der Waals surface area contributed by atoms with Crippen LogP contribution in [0.4, 0.5) is 0 Å². The number of Topliss-reactive ketones (excluding diaryl/α,β-unsaturated/α-hetero) is 1. The van der Waals surface area contributed by atoms with Crippen molar-refractivity contribution < 1.29 is 28.9 Å². The van der Waals surface area contributed by atoms with Gasteiger partial charge >= 0.3 is 0 Å². The maximum Gasteiger partial charge on any atom is 0.295 e. The van der Waals surface area contributed by atoms with Crippen LogP contribution in [0.1, 0.15) is 42.5 Å². The average molecular weight is 514 g/mol. The topological polar surface area (TPSA) is 85.3 Å². The maximum atomic E-state index is 13.4. The summed E-state index contributed by atoms with van der Waals surface area (Å²) < 4.78 is 17.0. The Morgan fingerprint density at radius 1 is 0.974 bits per heavy atom. The molecule has 0 aromatic heterocycles. The Balaban J connectivity index is 1.52. The molecule has 0 aliphatic carbocycles. The van der Waals surface area contributed by atoms with Gasteiger partial charge in [0.15, 0.2) is 11.5 Å². The summed E-state index contributed by atoms with van der Waals surface area (Å²) in [6.45, 7) is 3.89. The lowest BCUT2D eigenvalue weighted by Gasteiger charge is -2.26. The molecule has 3 aromatic carbocycles. The fourth-order valence-electron chi connectivity index (χ4n) is 4.78. The summed E-state index contributed by atoms with van der Waals surface area (Å²) in [6.07, 6.45) is 2.57. The predicted molar refractivity (Wildman–Crippen MR) is 143 cm³/mol. The van der Waals surface area contributed by atoms with Crippen molar-refractivity contribution >= 4 is 17.4 Å². The first-order valence-corrected chi connectivity index (χ1v) is 13.0. The summed E-state index contributed by atoms with van der Waals surface area (Å²) >= 11 is 0.